The molecule has 1 unspecified atom stereocenters. The predicted molar refractivity (Wildman–Crippen MR) is 55.2 cm³/mol. The highest BCUT2D eigenvalue weighted by Gasteiger charge is 2.51. The van der Waals surface area contributed by atoms with Crippen molar-refractivity contribution >= 4 is 17.3 Å². The number of hydrogen-bond donors (Lipinski definition) is 1. The summed E-state index contributed by atoms with van der Waals surface area (Å²) in [5.74, 6) is -0.778. The summed E-state index contributed by atoms with van der Waals surface area (Å²) < 4.78 is 13.1. The molecule has 1 heterocycles. The van der Waals surface area contributed by atoms with Crippen LogP contribution >= 0.6 is 0 Å². The van der Waals surface area contributed by atoms with Gasteiger partial charge in [-0.15, -0.1) is 4.31 Å². The topological polar surface area (TPSA) is 63.6 Å². The van der Waals surface area contributed by atoms with Crippen LogP contribution in [0.5, 0.6) is 0 Å². The third kappa shape index (κ3) is 2.04. The van der Waals surface area contributed by atoms with E-state index in [1.807, 2.05) is 27.7 Å². The van der Waals surface area contributed by atoms with Gasteiger partial charge in [0.2, 0.25) is 0 Å². The van der Waals surface area contributed by atoms with Gasteiger partial charge in [-0.1, -0.05) is 6.92 Å². The Bertz CT molecular complexity index is 239. The second-order valence-corrected chi connectivity index (χ2v) is 6.91. The van der Waals surface area contributed by atoms with E-state index >= 15 is 0 Å². The van der Waals surface area contributed by atoms with Gasteiger partial charge >= 0.3 is 5.97 Å². The highest BCUT2D eigenvalue weighted by atomic mass is 32.2. The molecule has 82 valence electrons. The molecular formula is C9H17NO3S. The zero-order chi connectivity index (χ0) is 11.1. The Morgan fingerprint density at radius 1 is 1.57 bits per heavy atom. The molecule has 0 spiro atoms. The number of carboxylic acids is 1. The molecule has 0 aromatic heterocycles. The van der Waals surface area contributed by atoms with E-state index < -0.39 is 23.4 Å². The largest absolute Gasteiger partial charge is 0.597 e. The van der Waals surface area contributed by atoms with E-state index in [4.69, 9.17) is 5.11 Å². The maximum Gasteiger partial charge on any atom is 0.325 e. The molecule has 1 aliphatic heterocycles. The highest BCUT2D eigenvalue weighted by molar-refractivity contribution is 7.90. The summed E-state index contributed by atoms with van der Waals surface area (Å²) in [7, 11) is 0. The lowest BCUT2D eigenvalue weighted by Gasteiger charge is -2.45. The number of carbonyl (C=O) groups is 1. The molecule has 0 bridgehead atoms. The van der Waals surface area contributed by atoms with E-state index in [1.54, 1.807) is 4.31 Å². The van der Waals surface area contributed by atoms with E-state index in [9.17, 15) is 9.35 Å². The summed E-state index contributed by atoms with van der Waals surface area (Å²) in [5.41, 5.74) is 0. The van der Waals surface area contributed by atoms with Gasteiger partial charge in [0.15, 0.2) is 6.04 Å². The van der Waals surface area contributed by atoms with Crippen LogP contribution < -0.4 is 0 Å². The van der Waals surface area contributed by atoms with Gasteiger partial charge in [-0.2, -0.15) is 0 Å². The molecular weight excluding hydrogens is 202 g/mol. The second kappa shape index (κ2) is 3.72. The fourth-order valence-corrected chi connectivity index (χ4v) is 3.11. The molecule has 1 fully saturated rings. The number of nitrogens with zero attached hydrogens (tertiary/aromatic N) is 1. The van der Waals surface area contributed by atoms with Crippen molar-refractivity contribution in [1.29, 1.82) is 0 Å². The van der Waals surface area contributed by atoms with Gasteiger partial charge in [-0.3, -0.25) is 4.79 Å². The number of carboxylic acid groups (broad SMARTS) is 1. The lowest BCUT2D eigenvalue weighted by molar-refractivity contribution is -0.147. The van der Waals surface area contributed by atoms with Crippen molar-refractivity contribution < 1.29 is 14.5 Å². The molecule has 14 heavy (non-hydrogen) atoms. The minimum absolute atomic E-state index is 0.0961. The van der Waals surface area contributed by atoms with E-state index in [0.717, 1.165) is 0 Å². The van der Waals surface area contributed by atoms with Crippen molar-refractivity contribution in [2.24, 2.45) is 5.92 Å². The maximum atomic E-state index is 11.9. The smallest absolute Gasteiger partial charge is 0.325 e. The molecule has 1 saturated heterocycles. The summed E-state index contributed by atoms with van der Waals surface area (Å²) in [6, 6.07) is -0.574. The first-order valence-corrected chi connectivity index (χ1v) is 5.77. The average molecular weight is 219 g/mol. The SMILES string of the molecule is C[C@@H]1CN([S+]([O-])C(C)(C)C)[C@H]1C(=O)O. The van der Waals surface area contributed by atoms with Gasteiger partial charge in [0, 0.05) is 17.3 Å². The summed E-state index contributed by atoms with van der Waals surface area (Å²) in [6.45, 7) is 8.04. The summed E-state index contributed by atoms with van der Waals surface area (Å²) in [5, 5.41) is 8.91. The van der Waals surface area contributed by atoms with Crippen LogP contribution in [0.1, 0.15) is 27.7 Å². The molecule has 0 amide bonds. The standard InChI is InChI=1S/C9H17NO3S/c1-6-5-10(7(6)8(11)12)14(13)9(2,3)4/h6-7H,5H2,1-4H3,(H,11,12)/t6-,7-,14?/m1/s1. The zero-order valence-corrected chi connectivity index (χ0v) is 9.80. The molecule has 0 saturated carbocycles. The van der Waals surface area contributed by atoms with Gasteiger partial charge < -0.3 is 9.66 Å². The van der Waals surface area contributed by atoms with Crippen molar-refractivity contribution in [3.8, 4) is 0 Å². The van der Waals surface area contributed by atoms with E-state index in [0.29, 0.717) is 6.54 Å². The van der Waals surface area contributed by atoms with Gasteiger partial charge in [0.25, 0.3) is 0 Å². The van der Waals surface area contributed by atoms with Crippen LogP contribution in [0.4, 0.5) is 0 Å². The van der Waals surface area contributed by atoms with Crippen LogP contribution in [0.2, 0.25) is 0 Å². The van der Waals surface area contributed by atoms with E-state index in [-0.39, 0.29) is 10.7 Å². The Labute approximate surface area is 87.6 Å². The quantitative estimate of drug-likeness (QED) is 0.699. The number of rotatable bonds is 2. The third-order valence-electron chi connectivity index (χ3n) is 2.31. The molecule has 5 heteroatoms. The van der Waals surface area contributed by atoms with Crippen molar-refractivity contribution in [2.45, 2.75) is 38.5 Å². The van der Waals surface area contributed by atoms with Gasteiger partial charge in [0.1, 0.15) is 4.75 Å². The monoisotopic (exact) mass is 219 g/mol. The minimum atomic E-state index is -1.21. The van der Waals surface area contributed by atoms with Crippen molar-refractivity contribution in [1.82, 2.24) is 4.31 Å². The molecule has 0 aromatic rings. The molecule has 0 aromatic carbocycles. The van der Waals surface area contributed by atoms with E-state index in [2.05, 4.69) is 0 Å². The van der Waals surface area contributed by atoms with Crippen molar-refractivity contribution in [3.63, 3.8) is 0 Å². The molecule has 1 N–H and O–H groups in total. The first kappa shape index (κ1) is 11.8. The molecule has 1 rings (SSSR count). The first-order valence-electron chi connectivity index (χ1n) is 4.66. The second-order valence-electron chi connectivity index (χ2n) is 4.72. The number of aliphatic carboxylic acids is 1. The Balaban J connectivity index is 2.68. The van der Waals surface area contributed by atoms with Gasteiger partial charge in [-0.25, -0.2) is 0 Å². The maximum absolute atomic E-state index is 11.9. The normalized spacial score (nSPS) is 30.9. The lowest BCUT2D eigenvalue weighted by atomic mass is 9.94. The van der Waals surface area contributed by atoms with Crippen LogP contribution in [-0.2, 0) is 16.2 Å². The van der Waals surface area contributed by atoms with Crippen LogP contribution in [0.3, 0.4) is 0 Å². The Hall–Kier alpha value is -0.260. The van der Waals surface area contributed by atoms with Crippen molar-refractivity contribution in [2.75, 3.05) is 6.54 Å². The van der Waals surface area contributed by atoms with Crippen molar-refractivity contribution in [3.05, 3.63) is 0 Å². The molecule has 0 radical (unpaired) electrons. The minimum Gasteiger partial charge on any atom is -0.597 e. The molecule has 1 aliphatic rings. The Morgan fingerprint density at radius 2 is 2.07 bits per heavy atom. The lowest BCUT2D eigenvalue weighted by Crippen LogP contribution is -2.63. The first-order chi connectivity index (χ1) is 6.25. The van der Waals surface area contributed by atoms with Gasteiger partial charge in [0.05, 0.1) is 6.54 Å². The van der Waals surface area contributed by atoms with Crippen LogP contribution in [0, 0.1) is 5.92 Å². The van der Waals surface area contributed by atoms with Crippen LogP contribution in [-0.4, -0.2) is 37.3 Å². The Kier molecular flexibility index (Phi) is 3.13. The third-order valence-corrected chi connectivity index (χ3v) is 4.16. The van der Waals surface area contributed by atoms with Gasteiger partial charge in [-0.05, 0) is 20.8 Å². The number of hydrogen-bond acceptors (Lipinski definition) is 3. The fraction of sp³-hybridized carbons (Fsp3) is 0.889. The van der Waals surface area contributed by atoms with Crippen LogP contribution in [0.15, 0.2) is 0 Å². The van der Waals surface area contributed by atoms with E-state index in [1.165, 1.54) is 0 Å². The van der Waals surface area contributed by atoms with Crippen LogP contribution in [0.25, 0.3) is 0 Å². The molecule has 4 nitrogen and oxygen atoms in total. The summed E-state index contributed by atoms with van der Waals surface area (Å²) in [6.07, 6.45) is 0. The summed E-state index contributed by atoms with van der Waals surface area (Å²) in [4.78, 5) is 10.9. The average Bonchev–Trinajstić information content (AvgIpc) is 1.95. The molecule has 3 atom stereocenters. The Morgan fingerprint density at radius 3 is 2.36 bits per heavy atom. The predicted octanol–water partition coefficient (Wildman–Crippen LogP) is 0.853. The highest BCUT2D eigenvalue weighted by Crippen LogP contribution is 2.33. The summed E-state index contributed by atoms with van der Waals surface area (Å²) >= 11 is -1.21. The molecule has 0 aliphatic carbocycles. The zero-order valence-electron chi connectivity index (χ0n) is 8.98. The fourth-order valence-electron chi connectivity index (χ4n) is 1.53.